The Hall–Kier alpha value is -1.41. The molecule has 0 aliphatic heterocycles. The Labute approximate surface area is 195 Å². The number of rotatable bonds is 5. The molecule has 0 spiro atoms. The SMILES string of the molecule is Cc1c(Br)sc2c1c(=O)n(C(C)(C)C(=O)OC(C)(C)C)c(=O)n2CCC1CCCCC1. The minimum absolute atomic E-state index is 0.441. The molecule has 172 valence electrons. The summed E-state index contributed by atoms with van der Waals surface area (Å²) in [6.45, 7) is 10.9. The van der Waals surface area contributed by atoms with E-state index in [1.165, 1.54) is 43.4 Å². The first-order valence-corrected chi connectivity index (χ1v) is 12.6. The molecule has 0 bridgehead atoms. The van der Waals surface area contributed by atoms with Crippen molar-refractivity contribution in [3.05, 3.63) is 30.2 Å². The molecule has 6 nitrogen and oxygen atoms in total. The van der Waals surface area contributed by atoms with E-state index in [9.17, 15) is 14.4 Å². The van der Waals surface area contributed by atoms with Crippen LogP contribution >= 0.6 is 27.3 Å². The fourth-order valence-corrected chi connectivity index (χ4v) is 6.00. The first kappa shape index (κ1) is 24.2. The van der Waals surface area contributed by atoms with E-state index in [0.29, 0.717) is 22.7 Å². The molecule has 3 rings (SSSR count). The van der Waals surface area contributed by atoms with Crippen LogP contribution in [0.2, 0.25) is 0 Å². The van der Waals surface area contributed by atoms with E-state index < -0.39 is 28.4 Å². The average Bonchev–Trinajstić information content (AvgIpc) is 2.95. The molecule has 8 heteroatoms. The van der Waals surface area contributed by atoms with Gasteiger partial charge in [-0.05, 0) is 75.4 Å². The van der Waals surface area contributed by atoms with Crippen LogP contribution in [0.5, 0.6) is 0 Å². The molecule has 0 aromatic carbocycles. The van der Waals surface area contributed by atoms with Gasteiger partial charge >= 0.3 is 11.7 Å². The monoisotopic (exact) mass is 512 g/mol. The summed E-state index contributed by atoms with van der Waals surface area (Å²) in [4.78, 5) is 40.8. The van der Waals surface area contributed by atoms with Gasteiger partial charge in [0.25, 0.3) is 5.56 Å². The van der Waals surface area contributed by atoms with Crippen LogP contribution in [0.3, 0.4) is 0 Å². The van der Waals surface area contributed by atoms with Crippen LogP contribution in [-0.4, -0.2) is 20.7 Å². The molecule has 31 heavy (non-hydrogen) atoms. The van der Waals surface area contributed by atoms with Gasteiger partial charge in [0.1, 0.15) is 16.0 Å². The highest BCUT2D eigenvalue weighted by molar-refractivity contribution is 9.11. The zero-order valence-corrected chi connectivity index (χ0v) is 21.7. The molecule has 2 aromatic heterocycles. The molecule has 0 N–H and O–H groups in total. The Bertz CT molecular complexity index is 1100. The predicted molar refractivity (Wildman–Crippen MR) is 129 cm³/mol. The number of carbonyl (C=O) groups is 1. The second kappa shape index (κ2) is 8.85. The number of esters is 1. The summed E-state index contributed by atoms with van der Waals surface area (Å²) >= 11 is 4.94. The molecule has 1 aliphatic rings. The van der Waals surface area contributed by atoms with Gasteiger partial charge < -0.3 is 4.74 Å². The first-order chi connectivity index (χ1) is 14.3. The highest BCUT2D eigenvalue weighted by atomic mass is 79.9. The van der Waals surface area contributed by atoms with Gasteiger partial charge in [-0.3, -0.25) is 9.36 Å². The topological polar surface area (TPSA) is 70.3 Å². The van der Waals surface area contributed by atoms with Crippen molar-refractivity contribution in [2.45, 2.75) is 97.8 Å². The molecule has 0 unspecified atom stereocenters. The third-order valence-electron chi connectivity index (χ3n) is 6.10. The van der Waals surface area contributed by atoms with Crippen molar-refractivity contribution >= 4 is 43.5 Å². The molecule has 0 radical (unpaired) electrons. The zero-order chi connectivity index (χ0) is 23.1. The summed E-state index contributed by atoms with van der Waals surface area (Å²) in [6.07, 6.45) is 7.04. The van der Waals surface area contributed by atoms with Crippen LogP contribution in [0, 0.1) is 12.8 Å². The Morgan fingerprint density at radius 1 is 1.13 bits per heavy atom. The number of nitrogens with zero attached hydrogens (tertiary/aromatic N) is 2. The van der Waals surface area contributed by atoms with Gasteiger partial charge in [0.05, 0.1) is 9.17 Å². The number of fused-ring (bicyclic) bond motifs is 1. The van der Waals surface area contributed by atoms with Crippen LogP contribution in [0.4, 0.5) is 0 Å². The minimum Gasteiger partial charge on any atom is -0.458 e. The van der Waals surface area contributed by atoms with Gasteiger partial charge in [-0.2, -0.15) is 0 Å². The fourth-order valence-electron chi connectivity index (χ4n) is 4.29. The van der Waals surface area contributed by atoms with Gasteiger partial charge in [-0.15, -0.1) is 11.3 Å². The van der Waals surface area contributed by atoms with Crippen molar-refractivity contribution in [1.82, 2.24) is 9.13 Å². The lowest BCUT2D eigenvalue weighted by molar-refractivity contribution is -0.164. The molecule has 0 saturated heterocycles. The van der Waals surface area contributed by atoms with Crippen molar-refractivity contribution < 1.29 is 9.53 Å². The molecule has 0 amide bonds. The number of halogens is 1. The number of hydrogen-bond acceptors (Lipinski definition) is 5. The number of aryl methyl sites for hydroxylation is 2. The van der Waals surface area contributed by atoms with Crippen molar-refractivity contribution in [2.75, 3.05) is 0 Å². The minimum atomic E-state index is -1.43. The molecule has 2 heterocycles. The summed E-state index contributed by atoms with van der Waals surface area (Å²) in [6, 6.07) is 0. The third-order valence-corrected chi connectivity index (χ3v) is 8.28. The highest BCUT2D eigenvalue weighted by Gasteiger charge is 2.38. The van der Waals surface area contributed by atoms with Crippen LogP contribution in [0.25, 0.3) is 10.2 Å². The van der Waals surface area contributed by atoms with Gasteiger partial charge in [0, 0.05) is 6.54 Å². The summed E-state index contributed by atoms with van der Waals surface area (Å²) in [5.41, 5.74) is -2.24. The van der Waals surface area contributed by atoms with Gasteiger partial charge in [0.2, 0.25) is 0 Å². The Balaban J connectivity index is 2.15. The molecule has 0 atom stereocenters. The van der Waals surface area contributed by atoms with Gasteiger partial charge in [-0.1, -0.05) is 32.1 Å². The molecular formula is C23H33BrN2O4S. The fraction of sp³-hybridized carbons (Fsp3) is 0.696. The normalized spacial score (nSPS) is 16.1. The van der Waals surface area contributed by atoms with E-state index in [-0.39, 0.29) is 0 Å². The maximum atomic E-state index is 13.6. The summed E-state index contributed by atoms with van der Waals surface area (Å²) in [5.74, 6) is 0.00349. The second-order valence-corrected chi connectivity index (χ2v) is 12.4. The molecule has 2 aromatic rings. The Morgan fingerprint density at radius 2 is 1.74 bits per heavy atom. The van der Waals surface area contributed by atoms with Crippen LogP contribution in [0.1, 0.15) is 78.7 Å². The molecular weight excluding hydrogens is 480 g/mol. The Morgan fingerprint density at radius 3 is 2.32 bits per heavy atom. The molecule has 1 aliphatic carbocycles. The largest absolute Gasteiger partial charge is 0.458 e. The van der Waals surface area contributed by atoms with Crippen molar-refractivity contribution in [2.24, 2.45) is 5.92 Å². The van der Waals surface area contributed by atoms with E-state index in [1.807, 2.05) is 6.92 Å². The number of carbonyl (C=O) groups excluding carboxylic acids is 1. The smallest absolute Gasteiger partial charge is 0.333 e. The maximum Gasteiger partial charge on any atom is 0.333 e. The molecule has 1 saturated carbocycles. The van der Waals surface area contributed by atoms with Crippen LogP contribution in [0.15, 0.2) is 13.4 Å². The van der Waals surface area contributed by atoms with Gasteiger partial charge in [-0.25, -0.2) is 14.2 Å². The van der Waals surface area contributed by atoms with E-state index in [1.54, 1.807) is 39.2 Å². The van der Waals surface area contributed by atoms with E-state index in [0.717, 1.165) is 20.3 Å². The lowest BCUT2D eigenvalue weighted by Gasteiger charge is -2.30. The summed E-state index contributed by atoms with van der Waals surface area (Å²) in [5, 5.41) is 0.497. The number of aromatic nitrogens is 2. The predicted octanol–water partition coefficient (Wildman–Crippen LogP) is 5.34. The van der Waals surface area contributed by atoms with Gasteiger partial charge in [0.15, 0.2) is 0 Å². The number of ether oxygens (including phenoxy) is 1. The quantitative estimate of drug-likeness (QED) is 0.506. The third kappa shape index (κ3) is 4.85. The highest BCUT2D eigenvalue weighted by Crippen LogP contribution is 2.34. The first-order valence-electron chi connectivity index (χ1n) is 11.0. The van der Waals surface area contributed by atoms with E-state index in [2.05, 4.69) is 15.9 Å². The van der Waals surface area contributed by atoms with Crippen molar-refractivity contribution in [3.63, 3.8) is 0 Å². The van der Waals surface area contributed by atoms with Crippen LogP contribution < -0.4 is 11.2 Å². The Kier molecular flexibility index (Phi) is 6.92. The molecule has 1 fully saturated rings. The standard InChI is InChI=1S/C23H33BrN2O4S/c1-14-16-18(27)26(23(5,6)20(28)30-22(2,3)4)21(29)25(19(16)31-17(14)24)13-12-15-10-8-7-9-11-15/h15H,7-13H2,1-6H3. The van der Waals surface area contributed by atoms with Crippen molar-refractivity contribution in [3.8, 4) is 0 Å². The summed E-state index contributed by atoms with van der Waals surface area (Å²) < 4.78 is 9.18. The van der Waals surface area contributed by atoms with E-state index in [4.69, 9.17) is 4.74 Å². The van der Waals surface area contributed by atoms with E-state index >= 15 is 0 Å². The number of hydrogen-bond donors (Lipinski definition) is 0. The van der Waals surface area contributed by atoms with Crippen LogP contribution in [-0.2, 0) is 21.6 Å². The van der Waals surface area contributed by atoms with Crippen molar-refractivity contribution in [1.29, 1.82) is 0 Å². The lowest BCUT2D eigenvalue weighted by atomic mass is 9.87. The second-order valence-electron chi connectivity index (χ2n) is 10.1. The maximum absolute atomic E-state index is 13.6. The lowest BCUT2D eigenvalue weighted by Crippen LogP contribution is -2.54. The average molecular weight is 513 g/mol. The zero-order valence-electron chi connectivity index (χ0n) is 19.3. The summed E-state index contributed by atoms with van der Waals surface area (Å²) in [7, 11) is 0. The number of thiophene rings is 1.